The number of benzene rings is 3. The lowest BCUT2D eigenvalue weighted by molar-refractivity contribution is -0.137. The zero-order chi connectivity index (χ0) is 25.0. The van der Waals surface area contributed by atoms with Gasteiger partial charge in [-0.25, -0.2) is 0 Å². The molecule has 0 bridgehead atoms. The molecule has 0 aliphatic carbocycles. The highest BCUT2D eigenvalue weighted by molar-refractivity contribution is 6.16. The van der Waals surface area contributed by atoms with Crippen molar-refractivity contribution >= 4 is 32.6 Å². The number of ether oxygens (including phenoxy) is 1. The van der Waals surface area contributed by atoms with E-state index in [0.717, 1.165) is 50.5 Å². The van der Waals surface area contributed by atoms with Crippen molar-refractivity contribution in [2.45, 2.75) is 26.6 Å². The third-order valence-electron chi connectivity index (χ3n) is 6.44. The van der Waals surface area contributed by atoms with Crippen molar-refractivity contribution in [1.82, 2.24) is 20.2 Å². The molecule has 36 heavy (non-hydrogen) atoms. The normalized spacial score (nSPS) is 12.1. The van der Waals surface area contributed by atoms with Crippen LogP contribution in [0.2, 0.25) is 0 Å². The number of aryl methyl sites for hydroxylation is 2. The van der Waals surface area contributed by atoms with E-state index >= 15 is 0 Å². The largest absolute Gasteiger partial charge is 0.484 e. The summed E-state index contributed by atoms with van der Waals surface area (Å²) in [6.45, 7) is 4.21. The number of halogens is 3. The number of nitrogens with one attached hydrogen (secondary N) is 1. The minimum atomic E-state index is -4.40. The molecule has 0 spiro atoms. The summed E-state index contributed by atoms with van der Waals surface area (Å²) in [6.07, 6.45) is -0.713. The Kier molecular flexibility index (Phi) is 4.96. The first-order valence-corrected chi connectivity index (χ1v) is 11.2. The molecule has 3 aromatic heterocycles. The summed E-state index contributed by atoms with van der Waals surface area (Å²) in [7, 11) is 0. The van der Waals surface area contributed by atoms with Gasteiger partial charge in [0.15, 0.2) is 6.61 Å². The Bertz CT molecular complexity index is 1750. The van der Waals surface area contributed by atoms with Gasteiger partial charge in [-0.15, -0.1) is 10.2 Å². The van der Waals surface area contributed by atoms with Crippen LogP contribution in [-0.4, -0.2) is 20.2 Å². The van der Waals surface area contributed by atoms with E-state index in [1.807, 2.05) is 30.5 Å². The molecule has 1 N–H and O–H groups in total. The fourth-order valence-electron chi connectivity index (χ4n) is 4.60. The fraction of sp³-hybridized carbons (Fsp3) is 0.148. The van der Waals surface area contributed by atoms with Crippen LogP contribution in [0, 0.1) is 13.8 Å². The van der Waals surface area contributed by atoms with Crippen LogP contribution >= 0.6 is 0 Å². The number of rotatable bonds is 4. The van der Waals surface area contributed by atoms with E-state index in [9.17, 15) is 13.2 Å². The van der Waals surface area contributed by atoms with Crippen LogP contribution in [0.3, 0.4) is 0 Å². The van der Waals surface area contributed by atoms with E-state index in [-0.39, 0.29) is 18.4 Å². The number of hydrogen-bond donors (Lipinski definition) is 1. The average molecular weight is 488 g/mol. The first-order chi connectivity index (χ1) is 17.3. The van der Waals surface area contributed by atoms with Crippen molar-refractivity contribution in [1.29, 1.82) is 0 Å². The van der Waals surface area contributed by atoms with E-state index in [2.05, 4.69) is 34.0 Å². The van der Waals surface area contributed by atoms with Crippen molar-refractivity contribution in [3.8, 4) is 17.2 Å². The molecule has 9 heteroatoms. The molecule has 0 radical (unpaired) electrons. The summed E-state index contributed by atoms with van der Waals surface area (Å²) in [5.41, 5.74) is 4.03. The van der Waals surface area contributed by atoms with E-state index in [0.29, 0.717) is 11.3 Å². The molecule has 0 saturated heterocycles. The molecule has 3 heterocycles. The fourth-order valence-corrected chi connectivity index (χ4v) is 4.60. The quantitative estimate of drug-likeness (QED) is 0.286. The summed E-state index contributed by atoms with van der Waals surface area (Å²) >= 11 is 0. The minimum Gasteiger partial charge on any atom is -0.484 e. The molecule has 0 atom stereocenters. The van der Waals surface area contributed by atoms with E-state index in [4.69, 9.17) is 9.15 Å². The standard InChI is InChI=1S/C27H19F3N4O2/c1-14-21-12-31-10-9-19(21)15(2)25-24(14)20-11-18(7-8-22(20)32-25)35-13-23-33-34-26(36-23)16-3-5-17(6-4-16)27(28,29)30/h3-12,32H,13H2,1-2H3. The second-order valence-corrected chi connectivity index (χ2v) is 8.62. The summed E-state index contributed by atoms with van der Waals surface area (Å²) < 4.78 is 49.9. The maximum atomic E-state index is 12.8. The van der Waals surface area contributed by atoms with Gasteiger partial charge in [0.25, 0.3) is 5.89 Å². The van der Waals surface area contributed by atoms with Crippen molar-refractivity contribution in [2.75, 3.05) is 0 Å². The predicted molar refractivity (Wildman–Crippen MR) is 130 cm³/mol. The molecule has 0 aliphatic rings. The van der Waals surface area contributed by atoms with Crippen LogP contribution in [0.25, 0.3) is 44.0 Å². The van der Waals surface area contributed by atoms with Gasteiger partial charge >= 0.3 is 6.18 Å². The Balaban J connectivity index is 1.28. The lowest BCUT2D eigenvalue weighted by atomic mass is 9.97. The first-order valence-electron chi connectivity index (χ1n) is 11.2. The van der Waals surface area contributed by atoms with Gasteiger partial charge in [-0.3, -0.25) is 4.98 Å². The second kappa shape index (κ2) is 8.08. The molecule has 0 saturated carbocycles. The summed E-state index contributed by atoms with van der Waals surface area (Å²) in [5, 5.41) is 12.3. The minimum absolute atomic E-state index is 0.0202. The third-order valence-corrected chi connectivity index (χ3v) is 6.44. The van der Waals surface area contributed by atoms with Crippen LogP contribution in [0.1, 0.15) is 22.6 Å². The molecule has 0 fully saturated rings. The zero-order valence-corrected chi connectivity index (χ0v) is 19.3. The monoisotopic (exact) mass is 488 g/mol. The Labute approximate surface area is 202 Å². The van der Waals surface area contributed by atoms with E-state index < -0.39 is 11.7 Å². The van der Waals surface area contributed by atoms with Gasteiger partial charge < -0.3 is 14.1 Å². The van der Waals surface area contributed by atoms with Crippen molar-refractivity contribution in [2.24, 2.45) is 0 Å². The van der Waals surface area contributed by atoms with E-state index in [1.165, 1.54) is 17.5 Å². The molecule has 3 aromatic carbocycles. The van der Waals surface area contributed by atoms with Crippen LogP contribution in [0.5, 0.6) is 5.75 Å². The average Bonchev–Trinajstić information content (AvgIpc) is 3.51. The Morgan fingerprint density at radius 2 is 1.72 bits per heavy atom. The molecular formula is C27H19F3N4O2. The number of aromatic nitrogens is 4. The maximum absolute atomic E-state index is 12.8. The Morgan fingerprint density at radius 3 is 2.50 bits per heavy atom. The van der Waals surface area contributed by atoms with Crippen molar-refractivity contribution < 1.29 is 22.3 Å². The Morgan fingerprint density at radius 1 is 0.917 bits per heavy atom. The molecule has 6 aromatic rings. The highest BCUT2D eigenvalue weighted by Gasteiger charge is 2.30. The molecule has 6 nitrogen and oxygen atoms in total. The van der Waals surface area contributed by atoms with Crippen LogP contribution < -0.4 is 4.74 Å². The van der Waals surface area contributed by atoms with E-state index in [1.54, 1.807) is 6.20 Å². The highest BCUT2D eigenvalue weighted by Crippen LogP contribution is 2.37. The number of nitrogens with zero attached hydrogens (tertiary/aromatic N) is 3. The number of aromatic amines is 1. The van der Waals surface area contributed by atoms with Crippen LogP contribution in [0.4, 0.5) is 13.2 Å². The SMILES string of the molecule is Cc1c2ccncc2c(C)c2c1[nH]c1ccc(OCc3nnc(-c4ccc(C(F)(F)F)cc4)o3)cc12. The van der Waals surface area contributed by atoms with Gasteiger partial charge in [0.05, 0.1) is 11.1 Å². The molecule has 180 valence electrons. The zero-order valence-electron chi connectivity index (χ0n) is 19.3. The smallest absolute Gasteiger partial charge is 0.416 e. The summed E-state index contributed by atoms with van der Waals surface area (Å²) in [6, 6.07) is 12.4. The highest BCUT2D eigenvalue weighted by atomic mass is 19.4. The Hall–Kier alpha value is -4.40. The molecule has 0 amide bonds. The van der Waals surface area contributed by atoms with Gasteiger partial charge in [-0.2, -0.15) is 13.2 Å². The summed E-state index contributed by atoms with van der Waals surface area (Å²) in [5.74, 6) is 0.968. The molecule has 0 unspecified atom stereocenters. The third kappa shape index (κ3) is 3.64. The number of pyridine rings is 1. The summed E-state index contributed by atoms with van der Waals surface area (Å²) in [4.78, 5) is 7.83. The predicted octanol–water partition coefficient (Wildman–Crippen LogP) is 7.13. The lowest BCUT2D eigenvalue weighted by Crippen LogP contribution is -2.03. The van der Waals surface area contributed by atoms with Gasteiger partial charge in [0.2, 0.25) is 5.89 Å². The van der Waals surface area contributed by atoms with Gasteiger partial charge in [-0.05, 0) is 78.9 Å². The molecule has 6 rings (SSSR count). The van der Waals surface area contributed by atoms with Crippen LogP contribution in [0.15, 0.2) is 65.3 Å². The number of H-pyrrole nitrogens is 1. The first kappa shape index (κ1) is 22.1. The molecular weight excluding hydrogens is 469 g/mol. The van der Waals surface area contributed by atoms with Gasteiger partial charge in [-0.1, -0.05) is 0 Å². The van der Waals surface area contributed by atoms with Gasteiger partial charge in [0.1, 0.15) is 5.75 Å². The number of fused-ring (bicyclic) bond motifs is 4. The maximum Gasteiger partial charge on any atom is 0.416 e. The van der Waals surface area contributed by atoms with Crippen molar-refractivity contribution in [3.63, 3.8) is 0 Å². The molecule has 0 aliphatic heterocycles. The van der Waals surface area contributed by atoms with Crippen LogP contribution in [-0.2, 0) is 12.8 Å². The number of alkyl halides is 3. The lowest BCUT2D eigenvalue weighted by Gasteiger charge is -2.08. The topological polar surface area (TPSA) is 76.8 Å². The van der Waals surface area contributed by atoms with Crippen molar-refractivity contribution in [3.05, 3.63) is 83.5 Å². The van der Waals surface area contributed by atoms with Gasteiger partial charge in [0, 0.05) is 39.6 Å². The number of hydrogen-bond acceptors (Lipinski definition) is 5. The second-order valence-electron chi connectivity index (χ2n) is 8.62.